The number of nitrogens with zero attached hydrogens (tertiary/aromatic N) is 6. The van der Waals surface area contributed by atoms with E-state index in [-0.39, 0.29) is 17.6 Å². The molecule has 0 radical (unpaired) electrons. The lowest BCUT2D eigenvalue weighted by atomic mass is 10.0. The molecule has 1 amide bonds. The first-order valence-corrected chi connectivity index (χ1v) is 14.9. The van der Waals surface area contributed by atoms with Crippen LogP contribution in [0, 0.1) is 5.82 Å². The quantitative estimate of drug-likeness (QED) is 0.236. The average Bonchev–Trinajstić information content (AvgIpc) is 3.01. The number of carbonyl (C=O) groups excluding carboxylic acids is 1. The molecule has 0 saturated carbocycles. The molecule has 12 heteroatoms. The lowest BCUT2D eigenvalue weighted by Gasteiger charge is -2.43. The number of nitrogens with one attached hydrogen (secondary N) is 2. The fourth-order valence-electron chi connectivity index (χ4n) is 5.59. The minimum Gasteiger partial charge on any atom is -0.495 e. The Balaban J connectivity index is 1.16. The van der Waals surface area contributed by atoms with Crippen LogP contribution in [-0.2, 0) is 4.79 Å². The zero-order valence-corrected chi connectivity index (χ0v) is 25.7. The Hall–Kier alpha value is -4.97. The third kappa shape index (κ3) is 6.60. The number of likely N-dealkylation sites (N-methyl/N-ethyl adjacent to an activating group) is 1. The summed E-state index contributed by atoms with van der Waals surface area (Å²) in [7, 11) is 5.75. The molecule has 234 valence electrons. The number of hydrogen-bond acceptors (Lipinski definition) is 10. The first-order valence-electron chi connectivity index (χ1n) is 14.9. The topological polar surface area (TPSA) is 108 Å². The fourth-order valence-corrected chi connectivity index (χ4v) is 5.59. The number of methoxy groups -OCH3 is 1. The van der Waals surface area contributed by atoms with E-state index in [1.807, 2.05) is 18.2 Å². The third-order valence-electron chi connectivity index (χ3n) is 8.36. The molecule has 2 N–H and O–H groups in total. The van der Waals surface area contributed by atoms with Gasteiger partial charge in [-0.1, -0.05) is 6.58 Å². The zero-order chi connectivity index (χ0) is 31.5. The first kappa shape index (κ1) is 30.1. The number of hydrogen-bond donors (Lipinski definition) is 2. The van der Waals surface area contributed by atoms with E-state index >= 15 is 4.39 Å². The summed E-state index contributed by atoms with van der Waals surface area (Å²) in [6.45, 7) is 6.67. The van der Waals surface area contributed by atoms with Crippen LogP contribution in [0.1, 0.15) is 12.8 Å². The van der Waals surface area contributed by atoms with Gasteiger partial charge in [-0.2, -0.15) is 0 Å². The second-order valence-electron chi connectivity index (χ2n) is 11.5. The van der Waals surface area contributed by atoms with Crippen molar-refractivity contribution in [3.8, 4) is 17.2 Å². The molecule has 0 spiro atoms. The third-order valence-corrected chi connectivity index (χ3v) is 8.36. The van der Waals surface area contributed by atoms with E-state index < -0.39 is 5.82 Å². The predicted molar refractivity (Wildman–Crippen MR) is 173 cm³/mol. The van der Waals surface area contributed by atoms with Crippen LogP contribution < -0.4 is 25.0 Å². The van der Waals surface area contributed by atoms with Gasteiger partial charge in [-0.15, -0.1) is 0 Å². The summed E-state index contributed by atoms with van der Waals surface area (Å²) in [5, 5.41) is 7.38. The number of likely N-dealkylation sites (tertiary alicyclic amines) is 1. The Labute approximate surface area is 261 Å². The molecular formula is C33H37FN8O3. The van der Waals surface area contributed by atoms with Crippen molar-refractivity contribution < 1.29 is 18.7 Å². The van der Waals surface area contributed by atoms with Crippen molar-refractivity contribution in [2.45, 2.75) is 24.9 Å². The standard InChI is InChI=1S/C33H37FN8O3/c1-5-32(43)41-12-9-21(10-13-41)38-29-16-25-28(17-30(29)44-4)36-20-37-33(25)39-27-7-6-23(14-26(27)34)45-24-8-11-35-31(15-24)42-18-22(19-42)40(2)3/h5-8,11,14-17,20-22,38H,1,9-10,12-13,18-19H2,2-4H3,(H,36,37,39). The molecule has 2 fully saturated rings. The minimum atomic E-state index is -0.488. The normalized spacial score (nSPS) is 15.6. The van der Waals surface area contributed by atoms with Crippen LogP contribution >= 0.6 is 0 Å². The number of rotatable bonds is 10. The van der Waals surface area contributed by atoms with Crippen LogP contribution in [0.5, 0.6) is 17.2 Å². The van der Waals surface area contributed by atoms with Crippen molar-refractivity contribution in [2.75, 3.05) is 62.9 Å². The van der Waals surface area contributed by atoms with Crippen LogP contribution in [0.15, 0.2) is 67.6 Å². The van der Waals surface area contributed by atoms with Gasteiger partial charge in [0.15, 0.2) is 0 Å². The number of amides is 1. The van der Waals surface area contributed by atoms with E-state index in [0.717, 1.165) is 37.4 Å². The highest BCUT2D eigenvalue weighted by molar-refractivity contribution is 5.95. The van der Waals surface area contributed by atoms with Crippen LogP contribution in [0.3, 0.4) is 0 Å². The molecule has 2 aliphatic rings. The largest absolute Gasteiger partial charge is 0.495 e. The highest BCUT2D eigenvalue weighted by Gasteiger charge is 2.29. The summed E-state index contributed by atoms with van der Waals surface area (Å²) in [6, 6.07) is 12.7. The SMILES string of the molecule is C=CC(=O)N1CCC(Nc2cc3c(Nc4ccc(Oc5ccnc(N6CC(N(C)C)C6)c5)cc4F)ncnc3cc2OC)CC1. The van der Waals surface area contributed by atoms with Crippen molar-refractivity contribution >= 4 is 39.8 Å². The Morgan fingerprint density at radius 3 is 2.53 bits per heavy atom. The first-order chi connectivity index (χ1) is 21.8. The van der Waals surface area contributed by atoms with Gasteiger partial charge in [-0.25, -0.2) is 19.3 Å². The highest BCUT2D eigenvalue weighted by Crippen LogP contribution is 2.35. The molecule has 2 aromatic carbocycles. The average molecular weight is 613 g/mol. The Kier molecular flexibility index (Phi) is 8.65. The molecule has 2 saturated heterocycles. The van der Waals surface area contributed by atoms with Gasteiger partial charge in [0.1, 0.15) is 41.0 Å². The van der Waals surface area contributed by atoms with E-state index in [2.05, 4.69) is 56.1 Å². The summed E-state index contributed by atoms with van der Waals surface area (Å²) in [6.07, 6.45) is 6.05. The van der Waals surface area contributed by atoms with Crippen LogP contribution in [0.25, 0.3) is 10.9 Å². The molecule has 4 heterocycles. The number of fused-ring (bicyclic) bond motifs is 1. The number of anilines is 4. The maximum atomic E-state index is 15.4. The lowest BCUT2D eigenvalue weighted by Crippen LogP contribution is -2.57. The maximum absolute atomic E-state index is 15.4. The number of carbonyl (C=O) groups is 1. The second kappa shape index (κ2) is 12.9. The van der Waals surface area contributed by atoms with Crippen molar-refractivity contribution in [2.24, 2.45) is 0 Å². The number of halogens is 1. The maximum Gasteiger partial charge on any atom is 0.245 e. The summed E-state index contributed by atoms with van der Waals surface area (Å²) >= 11 is 0. The predicted octanol–water partition coefficient (Wildman–Crippen LogP) is 5.05. The van der Waals surface area contributed by atoms with Crippen molar-refractivity contribution in [1.82, 2.24) is 24.8 Å². The van der Waals surface area contributed by atoms with Gasteiger partial charge in [0.05, 0.1) is 24.0 Å². The molecule has 0 unspecified atom stereocenters. The van der Waals surface area contributed by atoms with Crippen molar-refractivity contribution in [1.29, 1.82) is 0 Å². The number of ether oxygens (including phenoxy) is 2. The van der Waals surface area contributed by atoms with Gasteiger partial charge in [0.25, 0.3) is 0 Å². The molecule has 45 heavy (non-hydrogen) atoms. The van der Waals surface area contributed by atoms with Crippen molar-refractivity contribution in [3.05, 3.63) is 73.5 Å². The number of benzene rings is 2. The van der Waals surface area contributed by atoms with Gasteiger partial charge in [-0.3, -0.25) is 4.79 Å². The smallest absolute Gasteiger partial charge is 0.245 e. The van der Waals surface area contributed by atoms with Crippen LogP contribution in [0.2, 0.25) is 0 Å². The zero-order valence-electron chi connectivity index (χ0n) is 25.7. The molecule has 0 bridgehead atoms. The number of pyridine rings is 1. The Morgan fingerprint density at radius 1 is 1.04 bits per heavy atom. The lowest BCUT2D eigenvalue weighted by molar-refractivity contribution is -0.126. The molecule has 0 atom stereocenters. The van der Waals surface area contributed by atoms with Gasteiger partial charge in [0, 0.05) is 68.0 Å². The van der Waals surface area contributed by atoms with E-state index in [9.17, 15) is 4.79 Å². The summed E-state index contributed by atoms with van der Waals surface area (Å²) < 4.78 is 27.0. The monoisotopic (exact) mass is 612 g/mol. The van der Waals surface area contributed by atoms with E-state index in [1.165, 1.54) is 18.5 Å². The Morgan fingerprint density at radius 2 is 1.82 bits per heavy atom. The highest BCUT2D eigenvalue weighted by atomic mass is 19.1. The van der Waals surface area contributed by atoms with Gasteiger partial charge in [-0.05, 0) is 57.3 Å². The summed E-state index contributed by atoms with van der Waals surface area (Å²) in [4.78, 5) is 31.4. The van der Waals surface area contributed by atoms with Crippen molar-refractivity contribution in [3.63, 3.8) is 0 Å². The van der Waals surface area contributed by atoms with E-state index in [1.54, 1.807) is 36.4 Å². The second-order valence-corrected chi connectivity index (χ2v) is 11.5. The minimum absolute atomic E-state index is 0.0523. The van der Waals surface area contributed by atoms with Gasteiger partial charge >= 0.3 is 0 Å². The molecule has 11 nitrogen and oxygen atoms in total. The van der Waals surface area contributed by atoms with Crippen LogP contribution in [0.4, 0.5) is 27.4 Å². The number of aromatic nitrogens is 3. The molecule has 2 aromatic heterocycles. The molecule has 0 aliphatic carbocycles. The number of piperidine rings is 1. The molecule has 4 aromatic rings. The van der Waals surface area contributed by atoms with E-state index in [4.69, 9.17) is 9.47 Å². The molecule has 2 aliphatic heterocycles. The molecular weight excluding hydrogens is 575 g/mol. The summed E-state index contributed by atoms with van der Waals surface area (Å²) in [5.41, 5.74) is 1.67. The molecule has 6 rings (SSSR count). The van der Waals surface area contributed by atoms with Crippen LogP contribution in [-0.4, -0.2) is 90.1 Å². The Bertz CT molecular complexity index is 1700. The van der Waals surface area contributed by atoms with Gasteiger partial charge < -0.3 is 34.8 Å². The van der Waals surface area contributed by atoms with Gasteiger partial charge in [0.2, 0.25) is 5.91 Å². The summed E-state index contributed by atoms with van der Waals surface area (Å²) in [5.74, 6) is 2.33. The van der Waals surface area contributed by atoms with E-state index in [0.29, 0.717) is 53.1 Å². The fraction of sp³-hybridized carbons (Fsp3) is 0.333.